The van der Waals surface area contributed by atoms with Crippen molar-refractivity contribution >= 4 is 11.4 Å². The number of para-hydroxylation sites is 2. The van der Waals surface area contributed by atoms with Gasteiger partial charge in [-0.15, -0.1) is 0 Å². The molecular formula is C13H20N2O. The molecule has 0 bridgehead atoms. The molecule has 16 heavy (non-hydrogen) atoms. The highest BCUT2D eigenvalue weighted by molar-refractivity contribution is 5.66. The van der Waals surface area contributed by atoms with E-state index in [9.17, 15) is 0 Å². The average Bonchev–Trinajstić information content (AvgIpc) is 2.31. The third-order valence-corrected chi connectivity index (χ3v) is 3.22. The van der Waals surface area contributed by atoms with E-state index in [1.54, 1.807) is 0 Å². The Morgan fingerprint density at radius 3 is 2.69 bits per heavy atom. The molecule has 2 rings (SSSR count). The van der Waals surface area contributed by atoms with Crippen LogP contribution in [0.25, 0.3) is 0 Å². The fraction of sp³-hybridized carbons (Fsp3) is 0.538. The molecule has 1 aliphatic rings. The van der Waals surface area contributed by atoms with E-state index in [-0.39, 0.29) is 0 Å². The molecule has 1 aromatic carbocycles. The molecule has 1 aromatic rings. The normalized spacial score (nSPS) is 17.3. The molecule has 2 N–H and O–H groups in total. The van der Waals surface area contributed by atoms with E-state index in [1.165, 1.54) is 0 Å². The maximum Gasteiger partial charge on any atom is 0.0597 e. The van der Waals surface area contributed by atoms with Crippen LogP contribution < -0.4 is 10.6 Å². The van der Waals surface area contributed by atoms with Crippen LogP contribution in [-0.2, 0) is 4.74 Å². The number of ether oxygens (including phenoxy) is 1. The first kappa shape index (κ1) is 11.3. The van der Waals surface area contributed by atoms with Crippen molar-refractivity contribution in [3.63, 3.8) is 0 Å². The maximum atomic E-state index is 5.96. The van der Waals surface area contributed by atoms with Gasteiger partial charge >= 0.3 is 0 Å². The fourth-order valence-electron chi connectivity index (χ4n) is 2.25. The summed E-state index contributed by atoms with van der Waals surface area (Å²) in [6, 6.07) is 8.04. The summed E-state index contributed by atoms with van der Waals surface area (Å²) in [4.78, 5) is 2.26. The Morgan fingerprint density at radius 2 is 2.00 bits per heavy atom. The zero-order valence-corrected chi connectivity index (χ0v) is 9.86. The largest absolute Gasteiger partial charge is 0.397 e. The Morgan fingerprint density at radius 1 is 1.31 bits per heavy atom. The monoisotopic (exact) mass is 220 g/mol. The summed E-state index contributed by atoms with van der Waals surface area (Å²) < 4.78 is 5.37. The first-order valence-corrected chi connectivity index (χ1v) is 5.91. The van der Waals surface area contributed by atoms with Crippen molar-refractivity contribution in [2.24, 2.45) is 5.92 Å². The zero-order chi connectivity index (χ0) is 11.4. The molecule has 3 heteroatoms. The molecule has 0 spiro atoms. The molecule has 1 saturated heterocycles. The van der Waals surface area contributed by atoms with Crippen molar-refractivity contribution < 1.29 is 4.74 Å². The summed E-state index contributed by atoms with van der Waals surface area (Å²) in [5.41, 5.74) is 7.95. The number of anilines is 2. The van der Waals surface area contributed by atoms with E-state index < -0.39 is 0 Å². The molecule has 0 saturated carbocycles. The molecular weight excluding hydrogens is 200 g/mol. The second kappa shape index (κ2) is 5.21. The molecule has 3 nitrogen and oxygen atoms in total. The van der Waals surface area contributed by atoms with E-state index >= 15 is 0 Å². The average molecular weight is 220 g/mol. The number of nitrogen functional groups attached to an aromatic ring is 1. The van der Waals surface area contributed by atoms with Gasteiger partial charge in [0.15, 0.2) is 0 Å². The van der Waals surface area contributed by atoms with Crippen LogP contribution in [-0.4, -0.2) is 26.8 Å². The van der Waals surface area contributed by atoms with Crippen molar-refractivity contribution in [1.82, 2.24) is 0 Å². The fourth-order valence-corrected chi connectivity index (χ4v) is 2.25. The summed E-state index contributed by atoms with van der Waals surface area (Å²) in [6.07, 6.45) is 2.33. The molecule has 0 atom stereocenters. The predicted octanol–water partition coefficient (Wildman–Crippen LogP) is 2.13. The molecule has 0 aromatic heterocycles. The summed E-state index contributed by atoms with van der Waals surface area (Å²) in [6.45, 7) is 2.88. The minimum atomic E-state index is 0.735. The van der Waals surface area contributed by atoms with E-state index in [0.717, 1.165) is 49.9 Å². The van der Waals surface area contributed by atoms with Crippen molar-refractivity contribution in [2.45, 2.75) is 12.8 Å². The van der Waals surface area contributed by atoms with Gasteiger partial charge in [-0.3, -0.25) is 0 Å². The van der Waals surface area contributed by atoms with Crippen LogP contribution in [0.4, 0.5) is 11.4 Å². The SMILES string of the molecule is CN(CC1CCOCC1)c1ccccc1N. The van der Waals surface area contributed by atoms with Gasteiger partial charge < -0.3 is 15.4 Å². The summed E-state index contributed by atoms with van der Waals surface area (Å²) >= 11 is 0. The van der Waals surface area contributed by atoms with Crippen molar-refractivity contribution in [3.8, 4) is 0 Å². The lowest BCUT2D eigenvalue weighted by atomic mass is 9.99. The Hall–Kier alpha value is -1.22. The van der Waals surface area contributed by atoms with Crippen LogP contribution in [0.3, 0.4) is 0 Å². The highest BCUT2D eigenvalue weighted by Gasteiger charge is 2.16. The second-order valence-corrected chi connectivity index (χ2v) is 4.50. The van der Waals surface area contributed by atoms with Gasteiger partial charge in [-0.25, -0.2) is 0 Å². The van der Waals surface area contributed by atoms with Gasteiger partial charge in [0.25, 0.3) is 0 Å². The van der Waals surface area contributed by atoms with Crippen molar-refractivity contribution in [3.05, 3.63) is 24.3 Å². The van der Waals surface area contributed by atoms with Crippen molar-refractivity contribution in [1.29, 1.82) is 0 Å². The third kappa shape index (κ3) is 2.67. The lowest BCUT2D eigenvalue weighted by Gasteiger charge is -2.29. The van der Waals surface area contributed by atoms with E-state index in [4.69, 9.17) is 10.5 Å². The minimum absolute atomic E-state index is 0.735. The lowest BCUT2D eigenvalue weighted by Crippen LogP contribution is -2.29. The van der Waals surface area contributed by atoms with Gasteiger partial charge in [-0.2, -0.15) is 0 Å². The molecule has 1 heterocycles. The van der Waals surface area contributed by atoms with Crippen LogP contribution in [0.5, 0.6) is 0 Å². The van der Waals surface area contributed by atoms with Crippen LogP contribution in [0.15, 0.2) is 24.3 Å². The van der Waals surface area contributed by atoms with Gasteiger partial charge in [0.1, 0.15) is 0 Å². The van der Waals surface area contributed by atoms with Gasteiger partial charge in [0.2, 0.25) is 0 Å². The van der Waals surface area contributed by atoms with Gasteiger partial charge in [-0.1, -0.05) is 12.1 Å². The van der Waals surface area contributed by atoms with Gasteiger partial charge in [0, 0.05) is 26.8 Å². The number of benzene rings is 1. The lowest BCUT2D eigenvalue weighted by molar-refractivity contribution is 0.0685. The molecule has 88 valence electrons. The van der Waals surface area contributed by atoms with E-state index in [1.807, 2.05) is 18.2 Å². The summed E-state index contributed by atoms with van der Waals surface area (Å²) in [5.74, 6) is 0.735. The van der Waals surface area contributed by atoms with E-state index in [0.29, 0.717) is 0 Å². The predicted molar refractivity (Wildman–Crippen MR) is 67.7 cm³/mol. The van der Waals surface area contributed by atoms with Crippen LogP contribution in [0, 0.1) is 5.92 Å². The Kier molecular flexibility index (Phi) is 3.67. The Bertz CT molecular complexity index is 334. The Labute approximate surface area is 97.2 Å². The molecule has 1 fully saturated rings. The minimum Gasteiger partial charge on any atom is -0.397 e. The number of rotatable bonds is 3. The van der Waals surface area contributed by atoms with Crippen molar-refractivity contribution in [2.75, 3.05) is 37.4 Å². The smallest absolute Gasteiger partial charge is 0.0597 e. The Balaban J connectivity index is 1.96. The first-order chi connectivity index (χ1) is 7.77. The number of nitrogens with two attached hydrogens (primary N) is 1. The second-order valence-electron chi connectivity index (χ2n) is 4.50. The molecule has 0 aliphatic carbocycles. The maximum absolute atomic E-state index is 5.96. The molecule has 0 radical (unpaired) electrons. The highest BCUT2D eigenvalue weighted by Crippen LogP contribution is 2.24. The van der Waals surface area contributed by atoms with E-state index in [2.05, 4.69) is 18.0 Å². The summed E-state index contributed by atoms with van der Waals surface area (Å²) in [5, 5.41) is 0. The zero-order valence-electron chi connectivity index (χ0n) is 9.86. The first-order valence-electron chi connectivity index (χ1n) is 5.91. The van der Waals surface area contributed by atoms with Crippen LogP contribution >= 0.6 is 0 Å². The van der Waals surface area contributed by atoms with Crippen LogP contribution in [0.1, 0.15) is 12.8 Å². The standard InChI is InChI=1S/C13H20N2O/c1-15(10-11-6-8-16-9-7-11)13-5-3-2-4-12(13)14/h2-5,11H,6-10,14H2,1H3. The quantitative estimate of drug-likeness (QED) is 0.793. The van der Waals surface area contributed by atoms with Crippen LogP contribution in [0.2, 0.25) is 0 Å². The highest BCUT2D eigenvalue weighted by atomic mass is 16.5. The molecule has 0 unspecified atom stereocenters. The molecule has 1 aliphatic heterocycles. The third-order valence-electron chi connectivity index (χ3n) is 3.22. The molecule has 0 amide bonds. The topological polar surface area (TPSA) is 38.5 Å². The van der Waals surface area contributed by atoms with Gasteiger partial charge in [-0.05, 0) is 30.9 Å². The number of nitrogens with zero attached hydrogens (tertiary/aromatic N) is 1. The number of hydrogen-bond acceptors (Lipinski definition) is 3. The van der Waals surface area contributed by atoms with Gasteiger partial charge in [0.05, 0.1) is 11.4 Å². The summed E-state index contributed by atoms with van der Waals surface area (Å²) in [7, 11) is 2.11. The number of hydrogen-bond donors (Lipinski definition) is 1.